The van der Waals surface area contributed by atoms with Gasteiger partial charge >= 0.3 is 6.01 Å². The number of nitrogens with zero attached hydrogens (tertiary/aromatic N) is 2. The van der Waals surface area contributed by atoms with Crippen LogP contribution in [-0.2, 0) is 4.79 Å². The van der Waals surface area contributed by atoms with Crippen LogP contribution in [0.2, 0.25) is 15.1 Å². The van der Waals surface area contributed by atoms with Gasteiger partial charge in [0.15, 0.2) is 6.61 Å². The van der Waals surface area contributed by atoms with E-state index in [4.69, 9.17) is 44.0 Å². The van der Waals surface area contributed by atoms with Gasteiger partial charge in [-0.25, -0.2) is 0 Å². The first kappa shape index (κ1) is 17.5. The van der Waals surface area contributed by atoms with E-state index in [1.54, 1.807) is 42.5 Å². The predicted octanol–water partition coefficient (Wildman–Crippen LogP) is 4.71. The number of nitrogens with one attached hydrogen (secondary N) is 1. The molecule has 0 aliphatic rings. The molecule has 0 atom stereocenters. The van der Waals surface area contributed by atoms with Gasteiger partial charge in [0.1, 0.15) is 5.75 Å². The lowest BCUT2D eigenvalue weighted by atomic mass is 10.2. The average molecular weight is 399 g/mol. The summed E-state index contributed by atoms with van der Waals surface area (Å²) in [6.45, 7) is -0.225. The molecule has 0 aliphatic carbocycles. The minimum absolute atomic E-state index is 0.0734. The minimum atomic E-state index is -0.456. The third-order valence-electron chi connectivity index (χ3n) is 3.01. The Bertz CT molecular complexity index is 897. The van der Waals surface area contributed by atoms with Crippen molar-refractivity contribution in [3.05, 3.63) is 57.5 Å². The van der Waals surface area contributed by atoms with Crippen molar-refractivity contribution in [2.24, 2.45) is 0 Å². The average Bonchev–Trinajstić information content (AvgIpc) is 3.05. The molecule has 1 heterocycles. The molecule has 1 aromatic heterocycles. The van der Waals surface area contributed by atoms with Crippen LogP contribution in [0, 0.1) is 0 Å². The molecule has 0 bridgehead atoms. The first-order chi connectivity index (χ1) is 12.0. The Morgan fingerprint density at radius 3 is 2.52 bits per heavy atom. The first-order valence-corrected chi connectivity index (χ1v) is 8.12. The normalized spacial score (nSPS) is 10.5. The number of aromatic nitrogens is 2. The fourth-order valence-corrected chi connectivity index (χ4v) is 2.38. The second-order valence-electron chi connectivity index (χ2n) is 4.83. The number of ether oxygens (including phenoxy) is 1. The van der Waals surface area contributed by atoms with Crippen molar-refractivity contribution < 1.29 is 13.9 Å². The Morgan fingerprint density at radius 1 is 1.04 bits per heavy atom. The zero-order valence-corrected chi connectivity index (χ0v) is 14.8. The summed E-state index contributed by atoms with van der Waals surface area (Å²) < 4.78 is 10.7. The summed E-state index contributed by atoms with van der Waals surface area (Å²) in [5.74, 6) is 0.195. The van der Waals surface area contributed by atoms with Gasteiger partial charge in [0.25, 0.3) is 11.8 Å². The lowest BCUT2D eigenvalue weighted by Crippen LogP contribution is -2.20. The molecule has 0 saturated heterocycles. The van der Waals surface area contributed by atoms with Crippen LogP contribution in [0.5, 0.6) is 5.75 Å². The van der Waals surface area contributed by atoms with Crippen molar-refractivity contribution in [3.8, 4) is 17.2 Å². The second-order valence-corrected chi connectivity index (χ2v) is 6.11. The first-order valence-electron chi connectivity index (χ1n) is 6.98. The maximum Gasteiger partial charge on any atom is 0.322 e. The number of carbonyl (C=O) groups excluding carboxylic acids is 1. The van der Waals surface area contributed by atoms with Crippen molar-refractivity contribution in [2.75, 3.05) is 11.9 Å². The van der Waals surface area contributed by atoms with Crippen LogP contribution in [0.4, 0.5) is 6.01 Å². The molecule has 1 amide bonds. The van der Waals surface area contributed by atoms with Crippen LogP contribution in [0.3, 0.4) is 0 Å². The van der Waals surface area contributed by atoms with Crippen LogP contribution in [0.25, 0.3) is 11.5 Å². The highest BCUT2D eigenvalue weighted by molar-refractivity contribution is 6.35. The molecular formula is C16H10Cl3N3O3. The molecule has 2 aromatic carbocycles. The number of amides is 1. The summed E-state index contributed by atoms with van der Waals surface area (Å²) in [5.41, 5.74) is 0.472. The second kappa shape index (κ2) is 7.74. The minimum Gasteiger partial charge on any atom is -0.484 e. The quantitative estimate of drug-likeness (QED) is 0.673. The van der Waals surface area contributed by atoms with Gasteiger partial charge in [-0.15, -0.1) is 5.10 Å². The molecule has 9 heteroatoms. The van der Waals surface area contributed by atoms with Crippen LogP contribution >= 0.6 is 34.8 Å². The van der Waals surface area contributed by atoms with E-state index in [1.165, 1.54) is 0 Å². The fourth-order valence-electron chi connectivity index (χ4n) is 1.88. The number of halogens is 3. The SMILES string of the molecule is O=C(COc1ccc(Cl)cc1)Nc1nnc(-c2cc(Cl)ccc2Cl)o1. The van der Waals surface area contributed by atoms with Gasteiger partial charge in [-0.05, 0) is 42.5 Å². The van der Waals surface area contributed by atoms with E-state index < -0.39 is 5.91 Å². The number of benzene rings is 2. The topological polar surface area (TPSA) is 77.2 Å². The van der Waals surface area contributed by atoms with Gasteiger partial charge in [0.05, 0.1) is 10.6 Å². The van der Waals surface area contributed by atoms with Crippen molar-refractivity contribution in [1.29, 1.82) is 0 Å². The third-order valence-corrected chi connectivity index (χ3v) is 3.83. The van der Waals surface area contributed by atoms with Crippen LogP contribution in [-0.4, -0.2) is 22.7 Å². The molecule has 0 fully saturated rings. The Labute approximate surface area is 157 Å². The summed E-state index contributed by atoms with van der Waals surface area (Å²) in [4.78, 5) is 11.9. The van der Waals surface area contributed by atoms with E-state index in [1.807, 2.05) is 0 Å². The standard InChI is InChI=1S/C16H10Cl3N3O3/c17-9-1-4-11(5-2-9)24-8-14(23)20-16-22-21-15(25-16)12-7-10(18)3-6-13(12)19/h1-7H,8H2,(H,20,22,23). The van der Waals surface area contributed by atoms with E-state index in [2.05, 4.69) is 15.5 Å². The number of hydrogen-bond acceptors (Lipinski definition) is 5. The summed E-state index contributed by atoms with van der Waals surface area (Å²) in [5, 5.41) is 11.5. The zero-order chi connectivity index (χ0) is 17.8. The van der Waals surface area contributed by atoms with Gasteiger partial charge in [-0.3, -0.25) is 10.1 Å². The summed E-state index contributed by atoms with van der Waals surface area (Å²) in [6.07, 6.45) is 0. The van der Waals surface area contributed by atoms with Crippen molar-refractivity contribution in [1.82, 2.24) is 10.2 Å². The Balaban J connectivity index is 1.62. The third kappa shape index (κ3) is 4.63. The van der Waals surface area contributed by atoms with E-state index in [0.717, 1.165) is 0 Å². The van der Waals surface area contributed by atoms with Gasteiger partial charge < -0.3 is 9.15 Å². The summed E-state index contributed by atoms with van der Waals surface area (Å²) in [6, 6.07) is 11.4. The molecule has 0 spiro atoms. The highest BCUT2D eigenvalue weighted by Crippen LogP contribution is 2.30. The summed E-state index contributed by atoms with van der Waals surface area (Å²) >= 11 is 17.8. The predicted molar refractivity (Wildman–Crippen MR) is 95.3 cm³/mol. The van der Waals surface area contributed by atoms with Gasteiger partial charge in [-0.1, -0.05) is 39.9 Å². The Morgan fingerprint density at radius 2 is 1.76 bits per heavy atom. The molecule has 6 nitrogen and oxygen atoms in total. The van der Waals surface area contributed by atoms with E-state index in [0.29, 0.717) is 26.4 Å². The summed E-state index contributed by atoms with van der Waals surface area (Å²) in [7, 11) is 0. The van der Waals surface area contributed by atoms with Crippen molar-refractivity contribution >= 4 is 46.7 Å². The maximum atomic E-state index is 11.9. The fraction of sp³-hybridized carbons (Fsp3) is 0.0625. The van der Waals surface area contributed by atoms with Gasteiger partial charge in [-0.2, -0.15) is 0 Å². The van der Waals surface area contributed by atoms with E-state index in [9.17, 15) is 4.79 Å². The lowest BCUT2D eigenvalue weighted by Gasteiger charge is -2.05. The lowest BCUT2D eigenvalue weighted by molar-refractivity contribution is -0.118. The molecule has 1 N–H and O–H groups in total. The van der Waals surface area contributed by atoms with Crippen LogP contribution in [0.15, 0.2) is 46.9 Å². The van der Waals surface area contributed by atoms with E-state index >= 15 is 0 Å². The van der Waals surface area contributed by atoms with Gasteiger partial charge in [0.2, 0.25) is 0 Å². The Kier molecular flexibility index (Phi) is 5.43. The smallest absolute Gasteiger partial charge is 0.322 e. The molecule has 0 radical (unpaired) electrons. The highest BCUT2D eigenvalue weighted by atomic mass is 35.5. The molecule has 3 aromatic rings. The number of rotatable bonds is 5. The monoisotopic (exact) mass is 397 g/mol. The molecule has 128 valence electrons. The Hall–Kier alpha value is -2.28. The maximum absolute atomic E-state index is 11.9. The number of anilines is 1. The van der Waals surface area contributed by atoms with Gasteiger partial charge in [0, 0.05) is 10.0 Å². The van der Waals surface area contributed by atoms with Crippen LogP contribution in [0.1, 0.15) is 0 Å². The molecule has 0 unspecified atom stereocenters. The number of carbonyl (C=O) groups is 1. The molecule has 3 rings (SSSR count). The van der Waals surface area contributed by atoms with Crippen molar-refractivity contribution in [2.45, 2.75) is 0 Å². The zero-order valence-electron chi connectivity index (χ0n) is 12.5. The molecule has 0 aliphatic heterocycles. The largest absolute Gasteiger partial charge is 0.484 e. The molecule has 0 saturated carbocycles. The van der Waals surface area contributed by atoms with E-state index in [-0.39, 0.29) is 18.5 Å². The number of hydrogen-bond donors (Lipinski definition) is 1. The highest BCUT2D eigenvalue weighted by Gasteiger charge is 2.14. The van der Waals surface area contributed by atoms with Crippen molar-refractivity contribution in [3.63, 3.8) is 0 Å². The van der Waals surface area contributed by atoms with Crippen LogP contribution < -0.4 is 10.1 Å². The molecule has 25 heavy (non-hydrogen) atoms. The molecular weight excluding hydrogens is 389 g/mol.